The van der Waals surface area contributed by atoms with Crippen LogP contribution in [0.25, 0.3) is 10.8 Å². The Bertz CT molecular complexity index is 1180. The second kappa shape index (κ2) is 9.92. The van der Waals surface area contributed by atoms with Gasteiger partial charge in [-0.05, 0) is 42.3 Å². The van der Waals surface area contributed by atoms with Crippen LogP contribution in [0.4, 0.5) is 0 Å². The van der Waals surface area contributed by atoms with Crippen LogP contribution in [0.5, 0.6) is 5.75 Å². The Balaban J connectivity index is 1.78. The monoisotopic (exact) mass is 470 g/mol. The smallest absolute Gasteiger partial charge is 0.339 e. The SMILES string of the molecule is COc1cc(C(=O)O[C@H](C(=O)NCC(=O)N/C(=C/O)C(C)=O)[C@@]2(C)CO2)c2cccc(C)c2c1. The summed E-state index contributed by atoms with van der Waals surface area (Å²) >= 11 is 0. The van der Waals surface area contributed by atoms with Gasteiger partial charge in [-0.25, -0.2) is 4.79 Å². The van der Waals surface area contributed by atoms with Gasteiger partial charge in [0.25, 0.3) is 5.91 Å². The Hall–Kier alpha value is -3.92. The number of fused-ring (bicyclic) bond motifs is 1. The number of allylic oxidation sites excluding steroid dienone is 1. The molecule has 0 aliphatic carbocycles. The third-order valence-electron chi connectivity index (χ3n) is 5.47. The number of ether oxygens (including phenoxy) is 3. The number of hydrogen-bond donors (Lipinski definition) is 3. The Morgan fingerprint density at radius 3 is 2.53 bits per heavy atom. The molecule has 3 N–H and O–H groups in total. The fourth-order valence-corrected chi connectivity index (χ4v) is 3.35. The van der Waals surface area contributed by atoms with Gasteiger partial charge in [-0.3, -0.25) is 14.4 Å². The summed E-state index contributed by atoms with van der Waals surface area (Å²) in [5.41, 5.74) is -0.210. The Morgan fingerprint density at radius 1 is 1.24 bits per heavy atom. The van der Waals surface area contributed by atoms with Gasteiger partial charge in [0.1, 0.15) is 23.3 Å². The molecule has 10 heteroatoms. The van der Waals surface area contributed by atoms with E-state index < -0.39 is 41.8 Å². The molecular formula is C24H26N2O8. The normalized spacial score (nSPS) is 18.1. The number of Topliss-reactive ketones (excluding diaryl/α,β-unsaturated/α-hetero) is 1. The summed E-state index contributed by atoms with van der Waals surface area (Å²) in [6.45, 7) is 4.34. The van der Waals surface area contributed by atoms with Crippen molar-refractivity contribution in [3.63, 3.8) is 0 Å². The van der Waals surface area contributed by atoms with Crippen molar-refractivity contribution >= 4 is 34.3 Å². The van der Waals surface area contributed by atoms with Crippen LogP contribution in [0.3, 0.4) is 0 Å². The molecule has 1 heterocycles. The number of esters is 1. The highest BCUT2D eigenvalue weighted by molar-refractivity contribution is 6.07. The molecule has 0 radical (unpaired) electrons. The van der Waals surface area contributed by atoms with E-state index in [2.05, 4.69) is 10.6 Å². The van der Waals surface area contributed by atoms with E-state index in [9.17, 15) is 19.2 Å². The van der Waals surface area contributed by atoms with E-state index in [0.29, 0.717) is 17.4 Å². The van der Waals surface area contributed by atoms with Crippen LogP contribution in [-0.4, -0.2) is 60.6 Å². The molecule has 0 saturated carbocycles. The number of nitrogens with one attached hydrogen (secondary N) is 2. The molecule has 2 atom stereocenters. The largest absolute Gasteiger partial charge is 0.513 e. The van der Waals surface area contributed by atoms with E-state index in [-0.39, 0.29) is 17.9 Å². The topological polar surface area (TPSA) is 144 Å². The van der Waals surface area contributed by atoms with E-state index >= 15 is 0 Å². The summed E-state index contributed by atoms with van der Waals surface area (Å²) < 4.78 is 16.2. The lowest BCUT2D eigenvalue weighted by atomic mass is 10.00. The third kappa shape index (κ3) is 5.34. The van der Waals surface area contributed by atoms with E-state index in [4.69, 9.17) is 19.3 Å². The van der Waals surface area contributed by atoms with Gasteiger partial charge in [0.05, 0.1) is 25.8 Å². The van der Waals surface area contributed by atoms with Crippen molar-refractivity contribution in [3.8, 4) is 5.75 Å². The van der Waals surface area contributed by atoms with Gasteiger partial charge < -0.3 is 30.0 Å². The maximum atomic E-state index is 13.2. The number of epoxide rings is 1. The number of aliphatic hydroxyl groups is 1. The Labute approximate surface area is 195 Å². The molecule has 2 aromatic rings. The number of carbonyl (C=O) groups excluding carboxylic acids is 4. The highest BCUT2D eigenvalue weighted by Crippen LogP contribution is 2.34. The first kappa shape index (κ1) is 24.7. The van der Waals surface area contributed by atoms with Gasteiger partial charge in [-0.1, -0.05) is 18.2 Å². The number of ketones is 1. The molecular weight excluding hydrogens is 444 g/mol. The van der Waals surface area contributed by atoms with Crippen molar-refractivity contribution in [2.75, 3.05) is 20.3 Å². The number of aryl methyl sites for hydroxylation is 1. The molecule has 0 unspecified atom stereocenters. The van der Waals surface area contributed by atoms with Gasteiger partial charge in [0.2, 0.25) is 12.0 Å². The maximum Gasteiger partial charge on any atom is 0.339 e. The highest BCUT2D eigenvalue weighted by atomic mass is 16.6. The molecule has 1 fully saturated rings. The van der Waals surface area contributed by atoms with Crippen molar-refractivity contribution in [3.05, 3.63) is 53.4 Å². The van der Waals surface area contributed by atoms with Crippen molar-refractivity contribution in [2.24, 2.45) is 0 Å². The summed E-state index contributed by atoms with van der Waals surface area (Å²) in [6.07, 6.45) is -0.870. The highest BCUT2D eigenvalue weighted by Gasteiger charge is 2.53. The molecule has 180 valence electrons. The number of carbonyl (C=O) groups is 4. The van der Waals surface area contributed by atoms with Gasteiger partial charge >= 0.3 is 5.97 Å². The van der Waals surface area contributed by atoms with Crippen molar-refractivity contribution in [1.82, 2.24) is 10.6 Å². The van der Waals surface area contributed by atoms with E-state index in [1.807, 2.05) is 25.1 Å². The van der Waals surface area contributed by atoms with Gasteiger partial charge in [-0.2, -0.15) is 0 Å². The number of aliphatic hydroxyl groups excluding tert-OH is 1. The number of methoxy groups -OCH3 is 1. The molecule has 0 spiro atoms. The first-order chi connectivity index (χ1) is 16.1. The summed E-state index contributed by atoms with van der Waals surface area (Å²) in [6, 6.07) is 8.83. The second-order valence-electron chi connectivity index (χ2n) is 8.10. The van der Waals surface area contributed by atoms with E-state index in [1.165, 1.54) is 13.2 Å². The molecule has 0 aromatic heterocycles. The average Bonchev–Trinajstić information content (AvgIpc) is 3.56. The molecule has 34 heavy (non-hydrogen) atoms. The number of benzene rings is 2. The third-order valence-corrected chi connectivity index (χ3v) is 5.47. The summed E-state index contributed by atoms with van der Waals surface area (Å²) in [7, 11) is 1.48. The van der Waals surface area contributed by atoms with E-state index in [1.54, 1.807) is 13.0 Å². The summed E-state index contributed by atoms with van der Waals surface area (Å²) in [5.74, 6) is -2.35. The van der Waals surface area contributed by atoms with Gasteiger partial charge in [0, 0.05) is 6.92 Å². The number of amides is 2. The summed E-state index contributed by atoms with van der Waals surface area (Å²) in [5, 5.41) is 15.0. The van der Waals surface area contributed by atoms with Crippen LogP contribution < -0.4 is 15.4 Å². The van der Waals surface area contributed by atoms with Crippen molar-refractivity contribution < 1.29 is 38.5 Å². The van der Waals surface area contributed by atoms with Crippen LogP contribution in [0.1, 0.15) is 29.8 Å². The minimum Gasteiger partial charge on any atom is -0.513 e. The maximum absolute atomic E-state index is 13.2. The first-order valence-electron chi connectivity index (χ1n) is 10.4. The predicted octanol–water partition coefficient (Wildman–Crippen LogP) is 1.69. The average molecular weight is 470 g/mol. The Morgan fingerprint density at radius 2 is 1.94 bits per heavy atom. The molecule has 1 aliphatic rings. The van der Waals surface area contributed by atoms with Gasteiger partial charge in [0.15, 0.2) is 5.78 Å². The lowest BCUT2D eigenvalue weighted by molar-refractivity contribution is -0.135. The van der Waals surface area contributed by atoms with Crippen molar-refractivity contribution in [1.29, 1.82) is 0 Å². The molecule has 2 amide bonds. The lowest BCUT2D eigenvalue weighted by Gasteiger charge is -2.21. The van der Waals surface area contributed by atoms with Crippen LogP contribution in [0, 0.1) is 6.92 Å². The van der Waals surface area contributed by atoms with E-state index in [0.717, 1.165) is 17.9 Å². The fraction of sp³-hybridized carbons (Fsp3) is 0.333. The minimum absolute atomic E-state index is 0.185. The Kier molecular flexibility index (Phi) is 7.21. The second-order valence-corrected chi connectivity index (χ2v) is 8.10. The predicted molar refractivity (Wildman–Crippen MR) is 121 cm³/mol. The van der Waals surface area contributed by atoms with Gasteiger partial charge in [-0.15, -0.1) is 0 Å². The van der Waals surface area contributed by atoms with Crippen LogP contribution in [0.2, 0.25) is 0 Å². The zero-order valence-electron chi connectivity index (χ0n) is 19.3. The molecule has 0 bridgehead atoms. The standard InChI is InChI=1S/C24H26N2O8/c1-13-6-5-7-16-17(13)8-15(32-4)9-18(16)23(31)34-21(24(3)12-33-24)22(30)25-10-20(29)26-19(11-27)14(2)28/h5-9,11,21,27H,10,12H2,1-4H3,(H,25,30)(H,26,29)/b19-11+/t21-,24-/m1/s1. The fourth-order valence-electron chi connectivity index (χ4n) is 3.35. The minimum atomic E-state index is -1.33. The first-order valence-corrected chi connectivity index (χ1v) is 10.4. The summed E-state index contributed by atoms with van der Waals surface area (Å²) in [4.78, 5) is 49.3. The van der Waals surface area contributed by atoms with Crippen molar-refractivity contribution in [2.45, 2.75) is 32.5 Å². The quantitative estimate of drug-likeness (QED) is 0.217. The number of rotatable bonds is 9. The molecule has 10 nitrogen and oxygen atoms in total. The molecule has 1 saturated heterocycles. The van der Waals surface area contributed by atoms with Crippen LogP contribution >= 0.6 is 0 Å². The zero-order valence-corrected chi connectivity index (χ0v) is 19.3. The lowest BCUT2D eigenvalue weighted by Crippen LogP contribution is -2.48. The molecule has 2 aromatic carbocycles. The molecule has 1 aliphatic heterocycles. The number of hydrogen-bond acceptors (Lipinski definition) is 8. The van der Waals surface area contributed by atoms with Crippen LogP contribution in [0.15, 0.2) is 42.3 Å². The molecule has 3 rings (SSSR count). The van der Waals surface area contributed by atoms with Crippen LogP contribution in [-0.2, 0) is 23.9 Å². The zero-order chi connectivity index (χ0) is 25.0.